The van der Waals surface area contributed by atoms with Gasteiger partial charge in [-0.2, -0.15) is 0 Å². The van der Waals surface area contributed by atoms with E-state index in [4.69, 9.17) is 15.2 Å². The highest BCUT2D eigenvalue weighted by molar-refractivity contribution is 5.82. The summed E-state index contributed by atoms with van der Waals surface area (Å²) in [5, 5.41) is 0. The molecule has 5 nitrogen and oxygen atoms in total. The van der Waals surface area contributed by atoms with Gasteiger partial charge in [0.2, 0.25) is 5.91 Å². The normalized spacial score (nSPS) is 14.2. The van der Waals surface area contributed by atoms with Gasteiger partial charge < -0.3 is 20.1 Å². The zero-order chi connectivity index (χ0) is 14.7. The molecule has 114 valence electrons. The molecule has 0 saturated heterocycles. The van der Waals surface area contributed by atoms with Crippen LogP contribution in [-0.2, 0) is 14.3 Å². The molecule has 0 bridgehead atoms. The van der Waals surface area contributed by atoms with Gasteiger partial charge in [-0.1, -0.05) is 20.3 Å². The second-order valence-corrected chi connectivity index (χ2v) is 4.63. The molecule has 0 aliphatic rings. The molecule has 0 aliphatic heterocycles. The largest absolute Gasteiger partial charge is 0.380 e. The van der Waals surface area contributed by atoms with Crippen LogP contribution in [0.2, 0.25) is 0 Å². The van der Waals surface area contributed by atoms with Gasteiger partial charge in [0, 0.05) is 26.3 Å². The second kappa shape index (κ2) is 11.2. The number of hydrogen-bond acceptors (Lipinski definition) is 4. The maximum atomic E-state index is 12.3. The lowest BCUT2D eigenvalue weighted by Gasteiger charge is -2.28. The van der Waals surface area contributed by atoms with E-state index in [0.717, 1.165) is 6.42 Å². The Morgan fingerprint density at radius 3 is 1.95 bits per heavy atom. The third-order valence-corrected chi connectivity index (χ3v) is 3.27. The van der Waals surface area contributed by atoms with Crippen LogP contribution in [0.15, 0.2) is 0 Å². The monoisotopic (exact) mass is 274 g/mol. The van der Waals surface area contributed by atoms with E-state index >= 15 is 0 Å². The highest BCUT2D eigenvalue weighted by Gasteiger charge is 2.24. The van der Waals surface area contributed by atoms with E-state index < -0.39 is 6.04 Å². The molecule has 2 atom stereocenters. The van der Waals surface area contributed by atoms with Gasteiger partial charge in [-0.3, -0.25) is 4.79 Å². The molecule has 0 fully saturated rings. The van der Waals surface area contributed by atoms with Gasteiger partial charge >= 0.3 is 0 Å². The summed E-state index contributed by atoms with van der Waals surface area (Å²) < 4.78 is 10.6. The molecular formula is C14H30N2O3. The van der Waals surface area contributed by atoms with Gasteiger partial charge in [-0.05, 0) is 19.8 Å². The maximum absolute atomic E-state index is 12.3. The number of nitrogens with two attached hydrogens (primary N) is 1. The van der Waals surface area contributed by atoms with Crippen LogP contribution in [0.3, 0.4) is 0 Å². The molecular weight excluding hydrogens is 244 g/mol. The van der Waals surface area contributed by atoms with Crippen molar-refractivity contribution in [2.75, 3.05) is 39.5 Å². The Morgan fingerprint density at radius 2 is 1.58 bits per heavy atom. The number of rotatable bonds is 11. The molecule has 0 spiro atoms. The highest BCUT2D eigenvalue weighted by atomic mass is 16.5. The van der Waals surface area contributed by atoms with Crippen LogP contribution in [0.5, 0.6) is 0 Å². The predicted octanol–water partition coefficient (Wildman–Crippen LogP) is 1.26. The van der Waals surface area contributed by atoms with E-state index in [2.05, 4.69) is 0 Å². The summed E-state index contributed by atoms with van der Waals surface area (Å²) in [6.07, 6.45) is 0.900. The van der Waals surface area contributed by atoms with E-state index in [1.54, 1.807) is 4.90 Å². The third kappa shape index (κ3) is 7.50. The number of ether oxygens (including phenoxy) is 2. The predicted molar refractivity (Wildman–Crippen MR) is 77.0 cm³/mol. The fraction of sp³-hybridized carbons (Fsp3) is 0.929. The fourth-order valence-corrected chi connectivity index (χ4v) is 1.68. The smallest absolute Gasteiger partial charge is 0.239 e. The zero-order valence-electron chi connectivity index (χ0n) is 12.9. The molecule has 19 heavy (non-hydrogen) atoms. The Labute approximate surface area is 117 Å². The lowest BCUT2D eigenvalue weighted by molar-refractivity contribution is -0.135. The first kappa shape index (κ1) is 18.4. The average Bonchev–Trinajstić information content (AvgIpc) is 2.43. The highest BCUT2D eigenvalue weighted by Crippen LogP contribution is 2.08. The van der Waals surface area contributed by atoms with Crippen LogP contribution >= 0.6 is 0 Å². The molecule has 0 aromatic rings. The van der Waals surface area contributed by atoms with Crippen LogP contribution in [0.25, 0.3) is 0 Å². The Balaban J connectivity index is 4.38. The van der Waals surface area contributed by atoms with Crippen molar-refractivity contribution in [3.05, 3.63) is 0 Å². The van der Waals surface area contributed by atoms with Gasteiger partial charge in [-0.15, -0.1) is 0 Å². The summed E-state index contributed by atoms with van der Waals surface area (Å²) in [6.45, 7) is 11.5. The van der Waals surface area contributed by atoms with Gasteiger partial charge in [0.25, 0.3) is 0 Å². The summed E-state index contributed by atoms with van der Waals surface area (Å²) in [6, 6.07) is -0.437. The summed E-state index contributed by atoms with van der Waals surface area (Å²) >= 11 is 0. The van der Waals surface area contributed by atoms with Crippen molar-refractivity contribution in [2.24, 2.45) is 11.7 Å². The topological polar surface area (TPSA) is 64.8 Å². The summed E-state index contributed by atoms with van der Waals surface area (Å²) in [5.74, 6) is 0.183. The first-order valence-corrected chi connectivity index (χ1v) is 7.28. The Kier molecular flexibility index (Phi) is 10.8. The third-order valence-electron chi connectivity index (χ3n) is 3.27. The maximum Gasteiger partial charge on any atom is 0.239 e. The number of amides is 1. The first-order valence-electron chi connectivity index (χ1n) is 7.28. The lowest BCUT2D eigenvalue weighted by atomic mass is 9.99. The average molecular weight is 274 g/mol. The van der Waals surface area contributed by atoms with E-state index in [1.165, 1.54) is 0 Å². The molecule has 0 saturated carbocycles. The van der Waals surface area contributed by atoms with Crippen LogP contribution in [0.1, 0.15) is 34.1 Å². The first-order chi connectivity index (χ1) is 9.08. The Morgan fingerprint density at radius 1 is 1.11 bits per heavy atom. The van der Waals surface area contributed by atoms with Crippen LogP contribution in [-0.4, -0.2) is 56.4 Å². The van der Waals surface area contributed by atoms with Gasteiger partial charge in [-0.25, -0.2) is 0 Å². The molecule has 0 rings (SSSR count). The minimum Gasteiger partial charge on any atom is -0.380 e. The molecule has 0 heterocycles. The molecule has 1 amide bonds. The van der Waals surface area contributed by atoms with Crippen LogP contribution in [0.4, 0.5) is 0 Å². The van der Waals surface area contributed by atoms with Crippen molar-refractivity contribution in [2.45, 2.75) is 40.2 Å². The number of hydrogen-bond donors (Lipinski definition) is 1. The minimum atomic E-state index is -0.437. The van der Waals surface area contributed by atoms with Crippen LogP contribution < -0.4 is 5.73 Å². The van der Waals surface area contributed by atoms with Crippen molar-refractivity contribution in [3.8, 4) is 0 Å². The lowest BCUT2D eigenvalue weighted by Crippen LogP contribution is -2.49. The van der Waals surface area contributed by atoms with Crippen molar-refractivity contribution < 1.29 is 14.3 Å². The zero-order valence-corrected chi connectivity index (χ0v) is 12.9. The summed E-state index contributed by atoms with van der Waals surface area (Å²) in [7, 11) is 0. The quantitative estimate of drug-likeness (QED) is 0.576. The number of carbonyl (C=O) groups excluding carboxylic acids is 1. The number of carbonyl (C=O) groups is 1. The van der Waals surface area contributed by atoms with E-state index in [9.17, 15) is 4.79 Å². The molecule has 2 N–H and O–H groups in total. The Bertz CT molecular complexity index is 227. The fourth-order valence-electron chi connectivity index (χ4n) is 1.68. The Hall–Kier alpha value is -0.650. The van der Waals surface area contributed by atoms with Crippen LogP contribution in [0, 0.1) is 5.92 Å². The standard InChI is InChI=1S/C14H30N2O3/c1-5-12(4)13(15)14(17)16(8-10-18-6-2)9-11-19-7-3/h12-13H,5-11,15H2,1-4H3/t12-,13-/m0/s1. The van der Waals surface area contributed by atoms with E-state index in [1.807, 2.05) is 27.7 Å². The van der Waals surface area contributed by atoms with Gasteiger partial charge in [0.05, 0.1) is 19.3 Å². The van der Waals surface area contributed by atoms with Crippen molar-refractivity contribution in [3.63, 3.8) is 0 Å². The van der Waals surface area contributed by atoms with Gasteiger partial charge in [0.15, 0.2) is 0 Å². The summed E-state index contributed by atoms with van der Waals surface area (Å²) in [4.78, 5) is 14.1. The van der Waals surface area contributed by atoms with Crippen molar-refractivity contribution >= 4 is 5.91 Å². The molecule has 0 unspecified atom stereocenters. The second-order valence-electron chi connectivity index (χ2n) is 4.63. The molecule has 0 aromatic carbocycles. The molecule has 0 radical (unpaired) electrons. The van der Waals surface area contributed by atoms with E-state index in [0.29, 0.717) is 39.5 Å². The number of nitrogens with zero attached hydrogens (tertiary/aromatic N) is 1. The van der Waals surface area contributed by atoms with Crippen molar-refractivity contribution in [1.82, 2.24) is 4.90 Å². The van der Waals surface area contributed by atoms with E-state index in [-0.39, 0.29) is 11.8 Å². The van der Waals surface area contributed by atoms with Gasteiger partial charge in [0.1, 0.15) is 0 Å². The minimum absolute atomic E-state index is 0.00578. The molecule has 5 heteroatoms. The SMILES string of the molecule is CCOCCN(CCOCC)C(=O)[C@@H](N)[C@@H](C)CC. The molecule has 0 aromatic heterocycles. The summed E-state index contributed by atoms with van der Waals surface area (Å²) in [5.41, 5.74) is 6.01. The van der Waals surface area contributed by atoms with Crippen molar-refractivity contribution in [1.29, 1.82) is 0 Å². The molecule has 0 aliphatic carbocycles.